The highest BCUT2D eigenvalue weighted by Gasteiger charge is 2.09. The highest BCUT2D eigenvalue weighted by atomic mass is 16.5. The summed E-state index contributed by atoms with van der Waals surface area (Å²) < 4.78 is 5.06. The highest BCUT2D eigenvalue weighted by molar-refractivity contribution is 5.99. The molecule has 0 aliphatic rings. The summed E-state index contributed by atoms with van der Waals surface area (Å²) in [5, 5.41) is 6.84. The minimum Gasteiger partial charge on any atom is -0.399 e. The van der Waals surface area contributed by atoms with E-state index in [4.69, 9.17) is 16.0 Å². The zero-order valence-electron chi connectivity index (χ0n) is 9.93. The molecule has 0 spiro atoms. The van der Waals surface area contributed by atoms with Gasteiger partial charge in [-0.1, -0.05) is 5.16 Å². The zero-order valence-corrected chi connectivity index (χ0v) is 9.93. The number of hydrogen-bond acceptors (Lipinski definition) is 5. The Balaban J connectivity index is 2.16. The number of carbonyl (C=O) groups is 1. The summed E-state index contributed by atoms with van der Waals surface area (Å²) in [6.45, 7) is 2.26. The number of benzene rings is 1. The third kappa shape index (κ3) is 2.60. The minimum atomic E-state index is -0.529. The third-order valence-electron chi connectivity index (χ3n) is 2.44. The number of nitrogen functional groups attached to an aromatic ring is 1. The zero-order chi connectivity index (χ0) is 13.1. The Morgan fingerprint density at radius 2 is 2.22 bits per heavy atom. The number of hydrogen-bond donors (Lipinski definition) is 3. The molecule has 1 aromatic heterocycles. The van der Waals surface area contributed by atoms with E-state index in [2.05, 4.69) is 10.5 Å². The van der Waals surface area contributed by atoms with Crippen molar-refractivity contribution in [2.45, 2.75) is 13.5 Å². The molecular weight excluding hydrogens is 232 g/mol. The molecule has 2 rings (SSSR count). The molecule has 6 heteroatoms. The molecule has 0 radical (unpaired) electrons. The van der Waals surface area contributed by atoms with Gasteiger partial charge in [0.15, 0.2) is 5.76 Å². The first kappa shape index (κ1) is 12.0. The van der Waals surface area contributed by atoms with Crippen molar-refractivity contribution in [1.29, 1.82) is 0 Å². The van der Waals surface area contributed by atoms with Crippen LogP contribution in [-0.2, 0) is 6.54 Å². The van der Waals surface area contributed by atoms with Gasteiger partial charge in [-0.25, -0.2) is 0 Å². The Bertz CT molecular complexity index is 577. The lowest BCUT2D eigenvalue weighted by Crippen LogP contribution is -2.14. The van der Waals surface area contributed by atoms with E-state index in [1.165, 1.54) is 6.07 Å². The molecule has 1 aromatic carbocycles. The molecule has 0 aliphatic carbocycles. The molecule has 0 aliphatic heterocycles. The van der Waals surface area contributed by atoms with Crippen LogP contribution in [0, 0.1) is 6.92 Å². The number of carbonyl (C=O) groups excluding carboxylic acids is 1. The van der Waals surface area contributed by atoms with Crippen LogP contribution >= 0.6 is 0 Å². The lowest BCUT2D eigenvalue weighted by molar-refractivity contribution is 0.100. The molecule has 2 aromatic rings. The van der Waals surface area contributed by atoms with Crippen molar-refractivity contribution in [2.75, 3.05) is 11.1 Å². The van der Waals surface area contributed by atoms with Gasteiger partial charge in [0.25, 0.3) is 5.91 Å². The summed E-state index contributed by atoms with van der Waals surface area (Å²) in [5.41, 5.74) is 13.2. The summed E-state index contributed by atoms with van der Waals surface area (Å²) >= 11 is 0. The van der Waals surface area contributed by atoms with E-state index < -0.39 is 5.91 Å². The van der Waals surface area contributed by atoms with Crippen LogP contribution in [0.1, 0.15) is 21.8 Å². The number of amides is 1. The van der Waals surface area contributed by atoms with Gasteiger partial charge in [0.05, 0.1) is 17.8 Å². The van der Waals surface area contributed by atoms with Crippen LogP contribution in [0.25, 0.3) is 0 Å². The van der Waals surface area contributed by atoms with Crippen LogP contribution in [0.4, 0.5) is 11.4 Å². The Hall–Kier alpha value is -2.50. The van der Waals surface area contributed by atoms with Crippen LogP contribution in [0.2, 0.25) is 0 Å². The number of anilines is 2. The largest absolute Gasteiger partial charge is 0.399 e. The standard InChI is InChI=1S/C12H14N4O2/c1-7-4-9(18-16-7)6-15-11-3-2-8(13)5-10(11)12(14)17/h2-5,15H,6,13H2,1H3,(H2,14,17). The first-order valence-corrected chi connectivity index (χ1v) is 5.41. The van der Waals surface area contributed by atoms with E-state index in [-0.39, 0.29) is 0 Å². The fourth-order valence-electron chi connectivity index (χ4n) is 1.60. The van der Waals surface area contributed by atoms with Gasteiger partial charge in [-0.2, -0.15) is 0 Å². The van der Waals surface area contributed by atoms with E-state index in [0.717, 1.165) is 5.69 Å². The highest BCUT2D eigenvalue weighted by Crippen LogP contribution is 2.19. The van der Waals surface area contributed by atoms with Gasteiger partial charge < -0.3 is 21.3 Å². The average Bonchev–Trinajstić information content (AvgIpc) is 2.73. The summed E-state index contributed by atoms with van der Waals surface area (Å²) in [4.78, 5) is 11.3. The fourth-order valence-corrected chi connectivity index (χ4v) is 1.60. The number of nitrogens with two attached hydrogens (primary N) is 2. The van der Waals surface area contributed by atoms with E-state index >= 15 is 0 Å². The maximum Gasteiger partial charge on any atom is 0.250 e. The Labute approximate surface area is 104 Å². The Kier molecular flexibility index (Phi) is 3.18. The molecule has 0 bridgehead atoms. The van der Waals surface area contributed by atoms with Crippen LogP contribution in [0.5, 0.6) is 0 Å². The van der Waals surface area contributed by atoms with Gasteiger partial charge in [-0.3, -0.25) is 4.79 Å². The van der Waals surface area contributed by atoms with Crippen molar-refractivity contribution in [3.63, 3.8) is 0 Å². The summed E-state index contributed by atoms with van der Waals surface area (Å²) in [6, 6.07) is 6.75. The van der Waals surface area contributed by atoms with Gasteiger partial charge in [-0.05, 0) is 25.1 Å². The summed E-state index contributed by atoms with van der Waals surface area (Å²) in [6.07, 6.45) is 0. The van der Waals surface area contributed by atoms with E-state index in [9.17, 15) is 4.79 Å². The minimum absolute atomic E-state index is 0.353. The second kappa shape index (κ2) is 4.79. The molecule has 6 nitrogen and oxygen atoms in total. The normalized spacial score (nSPS) is 10.3. The van der Waals surface area contributed by atoms with Crippen LogP contribution < -0.4 is 16.8 Å². The third-order valence-corrected chi connectivity index (χ3v) is 2.44. The van der Waals surface area contributed by atoms with Gasteiger partial charge in [-0.15, -0.1) is 0 Å². The fraction of sp³-hybridized carbons (Fsp3) is 0.167. The van der Waals surface area contributed by atoms with Crippen LogP contribution in [0.3, 0.4) is 0 Å². The predicted octanol–water partition coefficient (Wildman–Crippen LogP) is 1.28. The van der Waals surface area contributed by atoms with Crippen molar-refractivity contribution in [3.05, 3.63) is 41.3 Å². The van der Waals surface area contributed by atoms with Gasteiger partial charge in [0, 0.05) is 17.4 Å². The molecule has 0 saturated heterocycles. The van der Waals surface area contributed by atoms with Gasteiger partial charge in [0.1, 0.15) is 0 Å². The molecule has 0 saturated carbocycles. The van der Waals surface area contributed by atoms with E-state index in [1.807, 2.05) is 13.0 Å². The molecule has 18 heavy (non-hydrogen) atoms. The lowest BCUT2D eigenvalue weighted by Gasteiger charge is -2.09. The second-order valence-corrected chi connectivity index (χ2v) is 3.96. The smallest absolute Gasteiger partial charge is 0.250 e. The van der Waals surface area contributed by atoms with Crippen molar-refractivity contribution < 1.29 is 9.32 Å². The molecule has 1 heterocycles. The summed E-state index contributed by atoms with van der Waals surface area (Å²) in [7, 11) is 0. The monoisotopic (exact) mass is 246 g/mol. The van der Waals surface area contributed by atoms with Crippen molar-refractivity contribution in [2.24, 2.45) is 5.73 Å². The van der Waals surface area contributed by atoms with Crippen molar-refractivity contribution >= 4 is 17.3 Å². The van der Waals surface area contributed by atoms with Gasteiger partial charge >= 0.3 is 0 Å². The predicted molar refractivity (Wildman–Crippen MR) is 67.9 cm³/mol. The SMILES string of the molecule is Cc1cc(CNc2ccc(N)cc2C(N)=O)on1. The first-order valence-electron chi connectivity index (χ1n) is 5.41. The Morgan fingerprint density at radius 1 is 1.44 bits per heavy atom. The number of aryl methyl sites for hydroxylation is 1. The number of aromatic nitrogens is 1. The quantitative estimate of drug-likeness (QED) is 0.704. The Morgan fingerprint density at radius 3 is 2.83 bits per heavy atom. The van der Waals surface area contributed by atoms with Crippen molar-refractivity contribution in [1.82, 2.24) is 5.16 Å². The first-order chi connectivity index (χ1) is 8.56. The maximum atomic E-state index is 11.3. The van der Waals surface area contributed by atoms with E-state index in [0.29, 0.717) is 29.2 Å². The van der Waals surface area contributed by atoms with Crippen molar-refractivity contribution in [3.8, 4) is 0 Å². The van der Waals surface area contributed by atoms with Gasteiger partial charge in [0.2, 0.25) is 0 Å². The topological polar surface area (TPSA) is 107 Å². The van der Waals surface area contributed by atoms with E-state index in [1.54, 1.807) is 12.1 Å². The molecular formula is C12H14N4O2. The molecule has 0 unspecified atom stereocenters. The lowest BCUT2D eigenvalue weighted by atomic mass is 10.1. The number of nitrogens with one attached hydrogen (secondary N) is 1. The van der Waals surface area contributed by atoms with Crippen LogP contribution in [-0.4, -0.2) is 11.1 Å². The molecule has 5 N–H and O–H groups in total. The molecule has 94 valence electrons. The molecule has 0 fully saturated rings. The average molecular weight is 246 g/mol. The molecule has 1 amide bonds. The number of rotatable bonds is 4. The number of primary amides is 1. The number of nitrogens with zero attached hydrogens (tertiary/aromatic N) is 1. The molecule has 0 atom stereocenters. The summed E-state index contributed by atoms with van der Waals surface area (Å²) in [5.74, 6) is 0.151. The maximum absolute atomic E-state index is 11.3. The van der Waals surface area contributed by atoms with Crippen LogP contribution in [0.15, 0.2) is 28.8 Å². The second-order valence-electron chi connectivity index (χ2n) is 3.96.